The highest BCUT2D eigenvalue weighted by Crippen LogP contribution is 2.40. The molecule has 4 rings (SSSR count). The van der Waals surface area contributed by atoms with Gasteiger partial charge in [0.05, 0.1) is 26.8 Å². The maximum absolute atomic E-state index is 12.0. The van der Waals surface area contributed by atoms with E-state index >= 15 is 0 Å². The highest BCUT2D eigenvalue weighted by molar-refractivity contribution is 6.01. The van der Waals surface area contributed by atoms with Gasteiger partial charge in [-0.25, -0.2) is 4.79 Å². The number of benzene rings is 2. The maximum Gasteiger partial charge on any atom is 0.324 e. The Morgan fingerprint density at radius 2 is 1.76 bits per heavy atom. The molecular formula is C22H25N3O4. The van der Waals surface area contributed by atoms with E-state index in [2.05, 4.69) is 28.4 Å². The number of nitrogens with one attached hydrogen (secondary N) is 1. The van der Waals surface area contributed by atoms with E-state index in [1.807, 2.05) is 24.3 Å². The molecule has 2 aromatic carbocycles. The van der Waals surface area contributed by atoms with Crippen molar-refractivity contribution in [3.8, 4) is 11.5 Å². The second kappa shape index (κ2) is 8.13. The van der Waals surface area contributed by atoms with Crippen LogP contribution in [-0.2, 0) is 11.2 Å². The van der Waals surface area contributed by atoms with Crippen molar-refractivity contribution in [2.75, 3.05) is 40.4 Å². The summed E-state index contributed by atoms with van der Waals surface area (Å²) in [6, 6.07) is 14.1. The monoisotopic (exact) mass is 395 g/mol. The van der Waals surface area contributed by atoms with Gasteiger partial charge in [0.1, 0.15) is 0 Å². The molecule has 2 heterocycles. The van der Waals surface area contributed by atoms with E-state index < -0.39 is 0 Å². The van der Waals surface area contributed by atoms with Crippen LogP contribution in [0.15, 0.2) is 42.5 Å². The van der Waals surface area contributed by atoms with Gasteiger partial charge in [-0.05, 0) is 35.2 Å². The molecule has 0 radical (unpaired) electrons. The zero-order valence-corrected chi connectivity index (χ0v) is 16.7. The Kier molecular flexibility index (Phi) is 5.40. The molecule has 2 aromatic rings. The van der Waals surface area contributed by atoms with Gasteiger partial charge in [-0.2, -0.15) is 0 Å². The molecule has 7 nitrogen and oxygen atoms in total. The molecule has 2 aliphatic heterocycles. The number of imide groups is 1. The van der Waals surface area contributed by atoms with Crippen LogP contribution in [0.2, 0.25) is 0 Å². The molecule has 1 fully saturated rings. The van der Waals surface area contributed by atoms with Gasteiger partial charge >= 0.3 is 6.03 Å². The lowest BCUT2D eigenvalue weighted by atomic mass is 9.87. The topological polar surface area (TPSA) is 71.1 Å². The minimum atomic E-state index is -0.310. The minimum absolute atomic E-state index is 0.0144. The summed E-state index contributed by atoms with van der Waals surface area (Å²) >= 11 is 0. The molecule has 1 N–H and O–H groups in total. The van der Waals surface area contributed by atoms with Gasteiger partial charge in [0, 0.05) is 19.6 Å². The van der Waals surface area contributed by atoms with E-state index in [9.17, 15) is 9.59 Å². The van der Waals surface area contributed by atoms with Crippen molar-refractivity contribution in [2.45, 2.75) is 12.5 Å². The summed E-state index contributed by atoms with van der Waals surface area (Å²) in [5, 5.41) is 2.58. The van der Waals surface area contributed by atoms with Crippen LogP contribution < -0.4 is 14.8 Å². The van der Waals surface area contributed by atoms with Crippen molar-refractivity contribution in [3.05, 3.63) is 59.2 Å². The van der Waals surface area contributed by atoms with Crippen molar-refractivity contribution >= 4 is 11.9 Å². The number of hydrogen-bond acceptors (Lipinski definition) is 5. The molecule has 3 amide bonds. The van der Waals surface area contributed by atoms with E-state index in [-0.39, 0.29) is 24.5 Å². The predicted octanol–water partition coefficient (Wildman–Crippen LogP) is 2.20. The van der Waals surface area contributed by atoms with Crippen LogP contribution in [0.5, 0.6) is 11.5 Å². The average molecular weight is 395 g/mol. The third-order valence-electron chi connectivity index (χ3n) is 5.64. The molecule has 0 bridgehead atoms. The fourth-order valence-corrected chi connectivity index (χ4v) is 4.17. The Hall–Kier alpha value is -3.06. The predicted molar refractivity (Wildman–Crippen MR) is 108 cm³/mol. The maximum atomic E-state index is 12.0. The SMILES string of the molecule is COc1cc2c(cc1OC)C(c1ccccc1)N(CCN1C(=O)CNC1=O)CC2. The Morgan fingerprint density at radius 3 is 2.41 bits per heavy atom. The van der Waals surface area contributed by atoms with Crippen LogP contribution in [0, 0.1) is 0 Å². The molecule has 1 unspecified atom stereocenters. The first-order chi connectivity index (χ1) is 14.1. The molecule has 2 aliphatic rings. The van der Waals surface area contributed by atoms with Crippen LogP contribution >= 0.6 is 0 Å². The normalized spacial score (nSPS) is 19.1. The molecule has 152 valence electrons. The van der Waals surface area contributed by atoms with Gasteiger partial charge in [-0.1, -0.05) is 30.3 Å². The lowest BCUT2D eigenvalue weighted by Crippen LogP contribution is -2.43. The molecule has 0 aromatic heterocycles. The first-order valence-electron chi connectivity index (χ1n) is 9.74. The number of nitrogens with zero attached hydrogens (tertiary/aromatic N) is 2. The first-order valence-corrected chi connectivity index (χ1v) is 9.74. The van der Waals surface area contributed by atoms with Gasteiger partial charge in [0.2, 0.25) is 5.91 Å². The van der Waals surface area contributed by atoms with Crippen LogP contribution in [0.3, 0.4) is 0 Å². The van der Waals surface area contributed by atoms with Crippen molar-refractivity contribution in [2.24, 2.45) is 0 Å². The lowest BCUT2D eigenvalue weighted by Gasteiger charge is -2.38. The van der Waals surface area contributed by atoms with E-state index in [1.165, 1.54) is 10.5 Å². The highest BCUT2D eigenvalue weighted by Gasteiger charge is 2.33. The van der Waals surface area contributed by atoms with Gasteiger partial charge in [-0.15, -0.1) is 0 Å². The van der Waals surface area contributed by atoms with Gasteiger partial charge in [-0.3, -0.25) is 14.6 Å². The molecule has 29 heavy (non-hydrogen) atoms. The number of carbonyl (C=O) groups is 2. The number of hydrogen-bond donors (Lipinski definition) is 1. The third kappa shape index (κ3) is 3.65. The summed E-state index contributed by atoms with van der Waals surface area (Å²) in [6.45, 7) is 1.88. The molecular weight excluding hydrogens is 370 g/mol. The second-order valence-electron chi connectivity index (χ2n) is 7.21. The highest BCUT2D eigenvalue weighted by atomic mass is 16.5. The molecule has 0 saturated carbocycles. The summed E-state index contributed by atoms with van der Waals surface area (Å²) in [5.41, 5.74) is 3.55. The van der Waals surface area contributed by atoms with Crippen LogP contribution in [0.25, 0.3) is 0 Å². The average Bonchev–Trinajstić information content (AvgIpc) is 3.08. The van der Waals surface area contributed by atoms with Crippen LogP contribution in [0.4, 0.5) is 4.79 Å². The number of amides is 3. The number of ether oxygens (including phenoxy) is 2. The molecule has 7 heteroatoms. The summed E-state index contributed by atoms with van der Waals surface area (Å²) in [7, 11) is 3.28. The number of urea groups is 1. The third-order valence-corrected chi connectivity index (χ3v) is 5.64. The molecule has 0 spiro atoms. The Balaban J connectivity index is 1.67. The summed E-state index contributed by atoms with van der Waals surface area (Å²) < 4.78 is 11.0. The number of methoxy groups -OCH3 is 2. The Labute approximate surface area is 170 Å². The van der Waals surface area contributed by atoms with E-state index in [0.717, 1.165) is 29.8 Å². The fraction of sp³-hybridized carbons (Fsp3) is 0.364. The summed E-state index contributed by atoms with van der Waals surface area (Å²) in [4.78, 5) is 27.5. The largest absolute Gasteiger partial charge is 0.493 e. The Bertz CT molecular complexity index is 900. The standard InChI is InChI=1S/C22H25N3O4/c1-28-18-12-16-8-9-24(10-11-25-20(26)14-23-22(25)27)21(15-6-4-3-5-7-15)17(16)13-19(18)29-2/h3-7,12-13,21H,8-11,14H2,1-2H3,(H,23,27). The molecule has 0 aliphatic carbocycles. The van der Waals surface area contributed by atoms with Crippen molar-refractivity contribution in [3.63, 3.8) is 0 Å². The lowest BCUT2D eigenvalue weighted by molar-refractivity contribution is -0.125. The van der Waals surface area contributed by atoms with Crippen LogP contribution in [-0.4, -0.2) is 62.1 Å². The molecule has 1 saturated heterocycles. The van der Waals surface area contributed by atoms with Crippen molar-refractivity contribution in [1.29, 1.82) is 0 Å². The first kappa shape index (κ1) is 19.3. The number of carbonyl (C=O) groups excluding carboxylic acids is 2. The number of fused-ring (bicyclic) bond motifs is 1. The van der Waals surface area contributed by atoms with Crippen LogP contribution in [0.1, 0.15) is 22.7 Å². The van der Waals surface area contributed by atoms with Gasteiger partial charge < -0.3 is 14.8 Å². The van der Waals surface area contributed by atoms with Crippen molar-refractivity contribution in [1.82, 2.24) is 15.1 Å². The summed E-state index contributed by atoms with van der Waals surface area (Å²) in [5.74, 6) is 1.25. The zero-order chi connectivity index (χ0) is 20.4. The minimum Gasteiger partial charge on any atom is -0.493 e. The Morgan fingerprint density at radius 1 is 1.03 bits per heavy atom. The smallest absolute Gasteiger partial charge is 0.324 e. The van der Waals surface area contributed by atoms with E-state index in [4.69, 9.17) is 9.47 Å². The summed E-state index contributed by atoms with van der Waals surface area (Å²) in [6.07, 6.45) is 0.860. The van der Waals surface area contributed by atoms with E-state index in [0.29, 0.717) is 18.8 Å². The quantitative estimate of drug-likeness (QED) is 0.760. The molecule has 1 atom stereocenters. The van der Waals surface area contributed by atoms with E-state index in [1.54, 1.807) is 14.2 Å². The van der Waals surface area contributed by atoms with Gasteiger partial charge in [0.25, 0.3) is 0 Å². The zero-order valence-electron chi connectivity index (χ0n) is 16.7. The van der Waals surface area contributed by atoms with Crippen molar-refractivity contribution < 1.29 is 19.1 Å². The second-order valence-corrected chi connectivity index (χ2v) is 7.21. The fourth-order valence-electron chi connectivity index (χ4n) is 4.17. The van der Waals surface area contributed by atoms with Gasteiger partial charge in [0.15, 0.2) is 11.5 Å². The number of rotatable bonds is 6.